The lowest BCUT2D eigenvalue weighted by molar-refractivity contribution is -0.870. The topological polar surface area (TPSA) is 105 Å². The summed E-state index contributed by atoms with van der Waals surface area (Å²) in [6, 6.07) is -0.851. The van der Waals surface area contributed by atoms with E-state index in [9.17, 15) is 19.4 Å². The van der Waals surface area contributed by atoms with Crippen LogP contribution < -0.4 is 5.32 Å². The third kappa shape index (κ3) is 53.2. The van der Waals surface area contributed by atoms with Gasteiger partial charge in [-0.25, -0.2) is 4.57 Å². The van der Waals surface area contributed by atoms with Gasteiger partial charge in [-0.1, -0.05) is 246 Å². The maximum Gasteiger partial charge on any atom is 0.472 e. The van der Waals surface area contributed by atoms with E-state index >= 15 is 0 Å². The number of aliphatic hydroxyl groups excluding tert-OH is 1. The van der Waals surface area contributed by atoms with Crippen LogP contribution in [0.5, 0.6) is 0 Å². The number of rotatable bonds is 51. The molecule has 0 saturated heterocycles. The zero-order valence-electron chi connectivity index (χ0n) is 46.0. The van der Waals surface area contributed by atoms with E-state index in [1.54, 1.807) is 6.08 Å². The maximum atomic E-state index is 13.0. The minimum atomic E-state index is -4.35. The van der Waals surface area contributed by atoms with Crippen LogP contribution in [-0.4, -0.2) is 73.4 Å². The summed E-state index contributed by atoms with van der Waals surface area (Å²) in [5, 5.41) is 13.9. The Morgan fingerprint density at radius 1 is 0.500 bits per heavy atom. The van der Waals surface area contributed by atoms with Gasteiger partial charge in [-0.05, 0) is 77.0 Å². The van der Waals surface area contributed by atoms with Gasteiger partial charge in [0.15, 0.2) is 0 Å². The van der Waals surface area contributed by atoms with Crippen LogP contribution >= 0.6 is 7.82 Å². The molecule has 0 fully saturated rings. The fourth-order valence-corrected chi connectivity index (χ4v) is 8.58. The van der Waals surface area contributed by atoms with Crippen molar-refractivity contribution in [2.75, 3.05) is 40.9 Å². The normalized spacial score (nSPS) is 14.7. The Labute approximate surface area is 432 Å². The number of aliphatic hydroxyl groups is 1. The smallest absolute Gasteiger partial charge is 0.387 e. The van der Waals surface area contributed by atoms with Gasteiger partial charge >= 0.3 is 7.82 Å². The second-order valence-corrected chi connectivity index (χ2v) is 21.7. The Hall–Kier alpha value is -2.58. The van der Waals surface area contributed by atoms with E-state index in [4.69, 9.17) is 9.05 Å². The van der Waals surface area contributed by atoms with E-state index in [1.807, 2.05) is 27.2 Å². The third-order valence-corrected chi connectivity index (χ3v) is 13.3. The molecule has 404 valence electrons. The lowest BCUT2D eigenvalue weighted by atomic mass is 10.0. The van der Waals surface area contributed by atoms with Gasteiger partial charge in [0.2, 0.25) is 5.91 Å². The Balaban J connectivity index is 4.08. The number of carbonyl (C=O) groups excluding carboxylic acids is 1. The molecular weight excluding hydrogens is 888 g/mol. The molecule has 0 aromatic heterocycles. The van der Waals surface area contributed by atoms with Crippen LogP contribution in [0.15, 0.2) is 97.2 Å². The van der Waals surface area contributed by atoms with Gasteiger partial charge in [0.1, 0.15) is 13.2 Å². The van der Waals surface area contributed by atoms with Crippen molar-refractivity contribution in [3.63, 3.8) is 0 Å². The molecule has 1 amide bonds. The van der Waals surface area contributed by atoms with Gasteiger partial charge in [0.25, 0.3) is 0 Å². The number of hydrogen-bond acceptors (Lipinski definition) is 5. The number of hydrogen-bond donors (Lipinski definition) is 3. The van der Waals surface area contributed by atoms with Crippen LogP contribution in [0, 0.1) is 0 Å². The second kappa shape index (κ2) is 51.3. The van der Waals surface area contributed by atoms with Crippen molar-refractivity contribution in [1.82, 2.24) is 5.32 Å². The van der Waals surface area contributed by atoms with Crippen LogP contribution in [0.4, 0.5) is 0 Å². The summed E-state index contributed by atoms with van der Waals surface area (Å²) in [4.78, 5) is 23.2. The van der Waals surface area contributed by atoms with Gasteiger partial charge in [-0.3, -0.25) is 13.8 Å². The largest absolute Gasteiger partial charge is 0.472 e. The molecular formula is C61H110N2O6P+. The number of amides is 1. The number of quaternary nitrogens is 1. The number of nitrogens with one attached hydrogen (secondary N) is 1. The van der Waals surface area contributed by atoms with Gasteiger partial charge in [-0.2, -0.15) is 0 Å². The molecule has 0 radical (unpaired) electrons. The highest BCUT2D eigenvalue weighted by Crippen LogP contribution is 2.43. The molecule has 0 aliphatic heterocycles. The highest BCUT2D eigenvalue weighted by molar-refractivity contribution is 7.47. The van der Waals surface area contributed by atoms with Crippen molar-refractivity contribution in [2.24, 2.45) is 0 Å². The van der Waals surface area contributed by atoms with Crippen LogP contribution in [0.3, 0.4) is 0 Å². The standard InChI is InChI=1S/C61H109N2O6P/c1-6-8-10-12-14-16-18-20-21-22-23-24-25-26-27-28-29-30-31-32-33-34-35-36-37-38-39-40-41-43-45-47-49-51-53-55-61(65)62-59(58-69-70(66,67)68-57-56-63(3,4)5)60(64)54-52-50-48-46-44-42-19-17-15-13-11-9-7-2/h8,10,14,16,20-21,23-24,26-27,29-30,32-33,52,54,59-60,64H,6-7,9,11-13,15,17-19,22,25,28,31,34-51,53,55-58H2,1-5H3,(H-,62,65,66,67)/p+1/b10-8-,16-14-,21-20-,24-23-,27-26-,30-29-,33-32-,54-52+. The molecule has 0 heterocycles. The first-order chi connectivity index (χ1) is 34.0. The highest BCUT2D eigenvalue weighted by Gasteiger charge is 2.27. The van der Waals surface area contributed by atoms with E-state index in [0.717, 1.165) is 83.5 Å². The van der Waals surface area contributed by atoms with Crippen LogP contribution in [0.1, 0.15) is 232 Å². The summed E-state index contributed by atoms with van der Waals surface area (Å²) in [5.74, 6) is -0.182. The summed E-state index contributed by atoms with van der Waals surface area (Å²) in [7, 11) is 1.56. The zero-order valence-corrected chi connectivity index (χ0v) is 46.9. The molecule has 3 atom stereocenters. The SMILES string of the molecule is CC/C=C\C/C=C\C/C=C\C/C=C\C/C=C\C/C=C\C/C=C\CCCCCCCCCCCCCCCC(=O)NC(COP(=O)(O)OCC[N+](C)(C)C)C(O)/C=C/CCCCCCCCCCCCC. The second-order valence-electron chi connectivity index (χ2n) is 20.3. The fourth-order valence-electron chi connectivity index (χ4n) is 7.85. The molecule has 9 heteroatoms. The van der Waals surface area contributed by atoms with Crippen molar-refractivity contribution in [3.05, 3.63) is 97.2 Å². The number of phosphoric ester groups is 1. The molecule has 3 unspecified atom stereocenters. The fraction of sp³-hybridized carbons (Fsp3) is 0.721. The number of unbranched alkanes of at least 4 members (excludes halogenated alkanes) is 24. The molecule has 0 aromatic rings. The van der Waals surface area contributed by atoms with Crippen LogP contribution in [0.2, 0.25) is 0 Å². The first-order valence-corrected chi connectivity index (χ1v) is 30.1. The Morgan fingerprint density at radius 2 is 0.857 bits per heavy atom. The molecule has 0 bridgehead atoms. The molecule has 3 N–H and O–H groups in total. The number of allylic oxidation sites excluding steroid dienone is 15. The predicted octanol–water partition coefficient (Wildman–Crippen LogP) is 17.4. The van der Waals surface area contributed by atoms with Gasteiger partial charge in [-0.15, -0.1) is 0 Å². The highest BCUT2D eigenvalue weighted by atomic mass is 31.2. The van der Waals surface area contributed by atoms with E-state index in [2.05, 4.69) is 104 Å². The van der Waals surface area contributed by atoms with E-state index in [-0.39, 0.29) is 19.1 Å². The zero-order chi connectivity index (χ0) is 51.3. The van der Waals surface area contributed by atoms with Gasteiger partial charge in [0, 0.05) is 6.42 Å². The Morgan fingerprint density at radius 3 is 1.26 bits per heavy atom. The minimum absolute atomic E-state index is 0.0580. The third-order valence-electron chi connectivity index (χ3n) is 12.3. The van der Waals surface area contributed by atoms with Crippen molar-refractivity contribution >= 4 is 13.7 Å². The molecule has 0 aliphatic rings. The van der Waals surface area contributed by atoms with Crippen molar-refractivity contribution < 1.29 is 32.9 Å². The molecule has 8 nitrogen and oxygen atoms in total. The molecule has 0 saturated carbocycles. The summed E-state index contributed by atoms with van der Waals surface area (Å²) < 4.78 is 23.7. The molecule has 0 rings (SSSR count). The summed E-state index contributed by atoms with van der Waals surface area (Å²) in [6.45, 7) is 4.69. The minimum Gasteiger partial charge on any atom is -0.387 e. The van der Waals surface area contributed by atoms with Gasteiger partial charge in [0.05, 0.1) is 39.9 Å². The monoisotopic (exact) mass is 998 g/mol. The molecule has 70 heavy (non-hydrogen) atoms. The first-order valence-electron chi connectivity index (χ1n) is 28.6. The molecule has 0 spiro atoms. The first kappa shape index (κ1) is 67.4. The number of nitrogens with zero attached hydrogens (tertiary/aromatic N) is 1. The van der Waals surface area contributed by atoms with Crippen LogP contribution in [-0.2, 0) is 18.4 Å². The lowest BCUT2D eigenvalue weighted by Crippen LogP contribution is -2.45. The Kier molecular flexibility index (Phi) is 49.4. The van der Waals surface area contributed by atoms with E-state index < -0.39 is 20.0 Å². The summed E-state index contributed by atoms with van der Waals surface area (Å²) >= 11 is 0. The van der Waals surface area contributed by atoms with E-state index in [1.165, 1.54) is 128 Å². The van der Waals surface area contributed by atoms with Crippen molar-refractivity contribution in [2.45, 2.75) is 244 Å². The van der Waals surface area contributed by atoms with Gasteiger partial charge < -0.3 is 19.8 Å². The molecule has 0 aliphatic carbocycles. The summed E-state index contributed by atoms with van der Waals surface area (Å²) in [5.41, 5.74) is 0. The summed E-state index contributed by atoms with van der Waals surface area (Å²) in [6.07, 6.45) is 73.6. The van der Waals surface area contributed by atoms with E-state index in [0.29, 0.717) is 17.4 Å². The Bertz CT molecular complexity index is 1460. The average molecular weight is 999 g/mol. The quantitative estimate of drug-likeness (QED) is 0.0243. The van der Waals surface area contributed by atoms with Crippen molar-refractivity contribution in [3.8, 4) is 0 Å². The number of likely N-dealkylation sites (N-methyl/N-ethyl adjacent to an activating group) is 1. The van der Waals surface area contributed by atoms with Crippen molar-refractivity contribution in [1.29, 1.82) is 0 Å². The number of carbonyl (C=O) groups is 1. The predicted molar refractivity (Wildman–Crippen MR) is 304 cm³/mol. The lowest BCUT2D eigenvalue weighted by Gasteiger charge is -2.25. The number of phosphoric acid groups is 1. The average Bonchev–Trinajstić information content (AvgIpc) is 3.32. The maximum absolute atomic E-state index is 13.0. The van der Waals surface area contributed by atoms with Crippen LogP contribution in [0.25, 0.3) is 0 Å². The molecule has 0 aromatic carbocycles.